The third-order valence-corrected chi connectivity index (χ3v) is 4.46. The summed E-state index contributed by atoms with van der Waals surface area (Å²) in [6.45, 7) is 5.92. The maximum atomic E-state index is 4.50. The second kappa shape index (κ2) is 5.53. The summed E-state index contributed by atoms with van der Waals surface area (Å²) in [4.78, 5) is 4.50. The van der Waals surface area contributed by atoms with Gasteiger partial charge >= 0.3 is 0 Å². The molecular weight excluding hydrogens is 214 g/mol. The molecule has 1 nitrogen and oxygen atoms in total. The van der Waals surface area contributed by atoms with Crippen molar-refractivity contribution in [2.75, 3.05) is 0 Å². The van der Waals surface area contributed by atoms with E-state index in [9.17, 15) is 0 Å². The Balaban J connectivity index is 2.03. The van der Waals surface area contributed by atoms with Crippen LogP contribution in [0.2, 0.25) is 0 Å². The Labute approximate surface area is 102 Å². The maximum absolute atomic E-state index is 4.50. The van der Waals surface area contributed by atoms with Gasteiger partial charge in [-0.15, -0.1) is 11.8 Å². The van der Waals surface area contributed by atoms with E-state index in [0.29, 0.717) is 0 Å². The van der Waals surface area contributed by atoms with Crippen LogP contribution in [0, 0.1) is 6.92 Å². The molecule has 16 heavy (non-hydrogen) atoms. The van der Waals surface area contributed by atoms with Crippen molar-refractivity contribution in [3.63, 3.8) is 0 Å². The van der Waals surface area contributed by atoms with E-state index >= 15 is 0 Å². The first-order valence-corrected chi connectivity index (χ1v) is 6.93. The number of hydrogen-bond donors (Lipinski definition) is 0. The number of aryl methyl sites for hydroxylation is 1. The Hall–Kier alpha value is -0.760. The maximum Gasteiger partial charge on any atom is 0.0965 e. The lowest BCUT2D eigenvalue weighted by molar-refractivity contribution is 0.515. The molecule has 2 rings (SSSR count). The molecule has 0 spiro atoms. The van der Waals surface area contributed by atoms with Crippen molar-refractivity contribution in [3.05, 3.63) is 30.0 Å². The van der Waals surface area contributed by atoms with Crippen molar-refractivity contribution < 1.29 is 0 Å². The standard InChI is InChI=1S/C14H19NS/c1-3-12-10-15-14(9-11(12)2)16-13-7-5-4-6-8-13/h3,9-10,13H,1,4-8H2,2H3. The second-order valence-corrected chi connectivity index (χ2v) is 5.78. The van der Waals surface area contributed by atoms with E-state index in [1.54, 1.807) is 0 Å². The van der Waals surface area contributed by atoms with Crippen molar-refractivity contribution >= 4 is 17.8 Å². The molecule has 0 saturated heterocycles. The van der Waals surface area contributed by atoms with Crippen LogP contribution in [0.1, 0.15) is 43.2 Å². The molecular formula is C14H19NS. The van der Waals surface area contributed by atoms with E-state index in [0.717, 1.165) is 10.8 Å². The highest BCUT2D eigenvalue weighted by molar-refractivity contribution is 7.99. The molecule has 0 radical (unpaired) electrons. The molecule has 1 fully saturated rings. The molecule has 1 aliphatic rings. The second-order valence-electron chi connectivity index (χ2n) is 4.46. The Morgan fingerprint density at radius 1 is 1.38 bits per heavy atom. The van der Waals surface area contributed by atoms with Gasteiger partial charge in [-0.05, 0) is 37.0 Å². The topological polar surface area (TPSA) is 12.9 Å². The van der Waals surface area contributed by atoms with Gasteiger partial charge in [-0.1, -0.05) is 31.9 Å². The van der Waals surface area contributed by atoms with Crippen molar-refractivity contribution in [1.82, 2.24) is 4.98 Å². The molecule has 0 aliphatic heterocycles. The lowest BCUT2D eigenvalue weighted by Crippen LogP contribution is -2.08. The molecule has 1 heterocycles. The minimum atomic E-state index is 0.787. The molecule has 0 unspecified atom stereocenters. The summed E-state index contributed by atoms with van der Waals surface area (Å²) in [5.41, 5.74) is 2.43. The molecule has 2 heteroatoms. The molecule has 0 N–H and O–H groups in total. The summed E-state index contributed by atoms with van der Waals surface area (Å²) in [6.07, 6.45) is 10.7. The van der Waals surface area contributed by atoms with Crippen LogP contribution in [0.4, 0.5) is 0 Å². The van der Waals surface area contributed by atoms with Gasteiger partial charge in [0, 0.05) is 11.4 Å². The Kier molecular flexibility index (Phi) is 4.05. The molecule has 0 aromatic carbocycles. The average Bonchev–Trinajstić information content (AvgIpc) is 2.31. The van der Waals surface area contributed by atoms with Gasteiger partial charge in [0.2, 0.25) is 0 Å². The Morgan fingerprint density at radius 2 is 2.12 bits per heavy atom. The first kappa shape index (κ1) is 11.7. The minimum Gasteiger partial charge on any atom is -0.249 e. The van der Waals surface area contributed by atoms with Crippen LogP contribution in [0.25, 0.3) is 6.08 Å². The SMILES string of the molecule is C=Cc1cnc(SC2CCCCC2)cc1C. The summed E-state index contributed by atoms with van der Waals surface area (Å²) in [7, 11) is 0. The molecule has 0 bridgehead atoms. The van der Waals surface area contributed by atoms with Gasteiger partial charge in [-0.25, -0.2) is 4.98 Å². The van der Waals surface area contributed by atoms with E-state index in [1.807, 2.05) is 24.0 Å². The van der Waals surface area contributed by atoms with Crippen LogP contribution >= 0.6 is 11.8 Å². The third-order valence-electron chi connectivity index (χ3n) is 3.19. The Morgan fingerprint density at radius 3 is 2.75 bits per heavy atom. The molecule has 1 saturated carbocycles. The van der Waals surface area contributed by atoms with Gasteiger partial charge in [-0.3, -0.25) is 0 Å². The van der Waals surface area contributed by atoms with Gasteiger partial charge in [0.25, 0.3) is 0 Å². The monoisotopic (exact) mass is 233 g/mol. The van der Waals surface area contributed by atoms with Crippen molar-refractivity contribution in [2.24, 2.45) is 0 Å². The van der Waals surface area contributed by atoms with Gasteiger partial charge in [-0.2, -0.15) is 0 Å². The number of pyridine rings is 1. The largest absolute Gasteiger partial charge is 0.249 e. The molecule has 1 aliphatic carbocycles. The van der Waals surface area contributed by atoms with E-state index < -0.39 is 0 Å². The third kappa shape index (κ3) is 2.88. The number of thioether (sulfide) groups is 1. The smallest absolute Gasteiger partial charge is 0.0965 e. The zero-order valence-electron chi connectivity index (χ0n) is 9.91. The highest BCUT2D eigenvalue weighted by Crippen LogP contribution is 2.33. The first-order valence-electron chi connectivity index (χ1n) is 6.05. The summed E-state index contributed by atoms with van der Waals surface area (Å²) in [5, 5.41) is 1.96. The molecule has 1 aromatic rings. The summed E-state index contributed by atoms with van der Waals surface area (Å²) < 4.78 is 0. The van der Waals surface area contributed by atoms with Gasteiger partial charge in [0.05, 0.1) is 5.03 Å². The van der Waals surface area contributed by atoms with Gasteiger partial charge < -0.3 is 0 Å². The van der Waals surface area contributed by atoms with Crippen LogP contribution < -0.4 is 0 Å². The van der Waals surface area contributed by atoms with E-state index in [1.165, 1.54) is 42.7 Å². The predicted molar refractivity (Wildman–Crippen MR) is 71.8 cm³/mol. The number of nitrogens with zero attached hydrogens (tertiary/aromatic N) is 1. The van der Waals surface area contributed by atoms with Gasteiger partial charge in [0.1, 0.15) is 0 Å². The highest BCUT2D eigenvalue weighted by Gasteiger charge is 2.15. The van der Waals surface area contributed by atoms with Gasteiger partial charge in [0.15, 0.2) is 0 Å². The predicted octanol–water partition coefficient (Wildman–Crippen LogP) is 4.46. The lowest BCUT2D eigenvalue weighted by atomic mass is 10.0. The number of hydrogen-bond acceptors (Lipinski definition) is 2. The molecule has 0 atom stereocenters. The van der Waals surface area contributed by atoms with Crippen molar-refractivity contribution in [1.29, 1.82) is 0 Å². The highest BCUT2D eigenvalue weighted by atomic mass is 32.2. The van der Waals surface area contributed by atoms with E-state index in [4.69, 9.17) is 0 Å². The van der Waals surface area contributed by atoms with Crippen LogP contribution in [-0.2, 0) is 0 Å². The van der Waals surface area contributed by atoms with Crippen LogP contribution in [0.3, 0.4) is 0 Å². The number of aromatic nitrogens is 1. The van der Waals surface area contributed by atoms with Crippen molar-refractivity contribution in [3.8, 4) is 0 Å². The first-order chi connectivity index (χ1) is 7.79. The lowest BCUT2D eigenvalue weighted by Gasteiger charge is -2.20. The minimum absolute atomic E-state index is 0.787. The summed E-state index contributed by atoms with van der Waals surface area (Å²) in [6, 6.07) is 2.19. The quantitative estimate of drug-likeness (QED) is 0.764. The van der Waals surface area contributed by atoms with E-state index in [2.05, 4.69) is 24.6 Å². The fraction of sp³-hybridized carbons (Fsp3) is 0.500. The normalized spacial score (nSPS) is 17.3. The van der Waals surface area contributed by atoms with Crippen LogP contribution in [0.5, 0.6) is 0 Å². The Bertz CT molecular complexity index is 367. The summed E-state index contributed by atoms with van der Waals surface area (Å²) in [5.74, 6) is 0. The zero-order valence-corrected chi connectivity index (χ0v) is 10.7. The average molecular weight is 233 g/mol. The fourth-order valence-corrected chi connectivity index (χ4v) is 3.44. The van der Waals surface area contributed by atoms with Crippen LogP contribution in [-0.4, -0.2) is 10.2 Å². The fourth-order valence-electron chi connectivity index (χ4n) is 2.17. The zero-order chi connectivity index (χ0) is 11.4. The molecule has 86 valence electrons. The van der Waals surface area contributed by atoms with Crippen molar-refractivity contribution in [2.45, 2.75) is 49.3 Å². The van der Waals surface area contributed by atoms with E-state index in [-0.39, 0.29) is 0 Å². The summed E-state index contributed by atoms with van der Waals surface area (Å²) >= 11 is 1.95. The van der Waals surface area contributed by atoms with Crippen LogP contribution in [0.15, 0.2) is 23.9 Å². The number of rotatable bonds is 3. The molecule has 1 aromatic heterocycles. The molecule has 0 amide bonds.